The average Bonchev–Trinajstić information content (AvgIpc) is 2.69. The Bertz CT molecular complexity index is 476. The third-order valence-electron chi connectivity index (χ3n) is 2.33. The van der Waals surface area contributed by atoms with Crippen molar-refractivity contribution in [3.63, 3.8) is 0 Å². The van der Waals surface area contributed by atoms with E-state index < -0.39 is 0 Å². The molecular formula is C11H12N2O2. The van der Waals surface area contributed by atoms with E-state index in [9.17, 15) is 4.79 Å². The number of furan rings is 1. The smallest absolute Gasteiger partial charge is 0.234 e. The highest BCUT2D eigenvalue weighted by Gasteiger charge is 2.07. The van der Waals surface area contributed by atoms with Crippen molar-refractivity contribution in [2.75, 3.05) is 0 Å². The molecular weight excluding hydrogens is 192 g/mol. The van der Waals surface area contributed by atoms with Gasteiger partial charge in [-0.3, -0.25) is 10.2 Å². The summed E-state index contributed by atoms with van der Waals surface area (Å²) in [5.41, 5.74) is 2.09. The molecule has 1 aromatic carbocycles. The van der Waals surface area contributed by atoms with Crippen LogP contribution in [0, 0.1) is 0 Å². The minimum atomic E-state index is -0.185. The number of amides is 1. The molecule has 0 aliphatic heterocycles. The standard InChI is InChI=1S/C11H12N2O2/c12-13-11(14)6-5-10-9-4-2-1-3-8(9)7-15-10/h1-4,7H,5-6,12H2,(H,13,14). The zero-order chi connectivity index (χ0) is 10.7. The van der Waals surface area contributed by atoms with Crippen LogP contribution in [-0.2, 0) is 11.2 Å². The van der Waals surface area contributed by atoms with Crippen molar-refractivity contribution in [1.29, 1.82) is 0 Å². The normalized spacial score (nSPS) is 10.5. The predicted octanol–water partition coefficient (Wildman–Crippen LogP) is 1.36. The monoisotopic (exact) mass is 204 g/mol. The van der Waals surface area contributed by atoms with Crippen LogP contribution >= 0.6 is 0 Å². The molecule has 2 aromatic rings. The number of hydrogen-bond acceptors (Lipinski definition) is 3. The Labute approximate surface area is 87.0 Å². The van der Waals surface area contributed by atoms with Gasteiger partial charge in [0.05, 0.1) is 6.26 Å². The Balaban J connectivity index is 2.18. The molecule has 1 heterocycles. The van der Waals surface area contributed by atoms with Crippen molar-refractivity contribution >= 4 is 16.7 Å². The first-order chi connectivity index (χ1) is 7.31. The first-order valence-corrected chi connectivity index (χ1v) is 4.76. The summed E-state index contributed by atoms with van der Waals surface area (Å²) < 4.78 is 5.39. The molecule has 0 aliphatic carbocycles. The Kier molecular flexibility index (Phi) is 2.69. The molecule has 0 spiro atoms. The summed E-state index contributed by atoms with van der Waals surface area (Å²) >= 11 is 0. The number of fused-ring (bicyclic) bond motifs is 1. The molecule has 2 rings (SSSR count). The van der Waals surface area contributed by atoms with Gasteiger partial charge in [-0.25, -0.2) is 5.84 Å². The van der Waals surface area contributed by atoms with Crippen molar-refractivity contribution in [2.24, 2.45) is 5.84 Å². The summed E-state index contributed by atoms with van der Waals surface area (Å²) in [6.07, 6.45) is 2.61. The van der Waals surface area contributed by atoms with Crippen LogP contribution in [0.5, 0.6) is 0 Å². The van der Waals surface area contributed by atoms with Crippen LogP contribution in [0.3, 0.4) is 0 Å². The van der Waals surface area contributed by atoms with E-state index in [1.54, 1.807) is 6.26 Å². The summed E-state index contributed by atoms with van der Waals surface area (Å²) in [5, 5.41) is 2.11. The van der Waals surface area contributed by atoms with E-state index in [-0.39, 0.29) is 5.91 Å². The van der Waals surface area contributed by atoms with Gasteiger partial charge in [0.1, 0.15) is 5.76 Å². The number of rotatable bonds is 3. The molecule has 3 N–H and O–H groups in total. The second-order valence-electron chi connectivity index (χ2n) is 3.31. The Hall–Kier alpha value is -1.81. The highest BCUT2D eigenvalue weighted by molar-refractivity contribution is 5.84. The van der Waals surface area contributed by atoms with E-state index in [4.69, 9.17) is 10.3 Å². The lowest BCUT2D eigenvalue weighted by Crippen LogP contribution is -2.30. The van der Waals surface area contributed by atoms with E-state index in [2.05, 4.69) is 5.43 Å². The molecule has 1 aromatic heterocycles. The number of nitrogens with one attached hydrogen (secondary N) is 1. The SMILES string of the molecule is NNC(=O)CCc1occ2ccccc12. The number of carbonyl (C=O) groups excluding carboxylic acids is 1. The minimum Gasteiger partial charge on any atom is -0.468 e. The van der Waals surface area contributed by atoms with Crippen molar-refractivity contribution < 1.29 is 9.21 Å². The van der Waals surface area contributed by atoms with Crippen LogP contribution in [0.4, 0.5) is 0 Å². The third kappa shape index (κ3) is 1.99. The summed E-state index contributed by atoms with van der Waals surface area (Å²) in [4.78, 5) is 11.0. The lowest BCUT2D eigenvalue weighted by molar-refractivity contribution is -0.121. The second kappa shape index (κ2) is 4.14. The van der Waals surface area contributed by atoms with Crippen molar-refractivity contribution in [1.82, 2.24) is 5.43 Å². The number of hydrogen-bond donors (Lipinski definition) is 2. The number of hydrazine groups is 1. The maximum absolute atomic E-state index is 11.0. The third-order valence-corrected chi connectivity index (χ3v) is 2.33. The highest BCUT2D eigenvalue weighted by Crippen LogP contribution is 2.21. The van der Waals surface area contributed by atoms with Gasteiger partial charge in [-0.15, -0.1) is 0 Å². The van der Waals surface area contributed by atoms with Gasteiger partial charge in [0.2, 0.25) is 5.91 Å². The highest BCUT2D eigenvalue weighted by atomic mass is 16.3. The molecule has 0 fully saturated rings. The summed E-state index contributed by atoms with van der Waals surface area (Å²) in [6.45, 7) is 0. The molecule has 0 radical (unpaired) electrons. The first-order valence-electron chi connectivity index (χ1n) is 4.76. The second-order valence-corrected chi connectivity index (χ2v) is 3.31. The lowest BCUT2D eigenvalue weighted by atomic mass is 10.1. The van der Waals surface area contributed by atoms with Gasteiger partial charge in [-0.05, 0) is 0 Å². The molecule has 15 heavy (non-hydrogen) atoms. The van der Waals surface area contributed by atoms with Gasteiger partial charge >= 0.3 is 0 Å². The lowest BCUT2D eigenvalue weighted by Gasteiger charge is -1.97. The van der Waals surface area contributed by atoms with E-state index >= 15 is 0 Å². The maximum Gasteiger partial charge on any atom is 0.234 e. The molecule has 4 nitrogen and oxygen atoms in total. The predicted molar refractivity (Wildman–Crippen MR) is 56.9 cm³/mol. The van der Waals surface area contributed by atoms with Crippen LogP contribution in [-0.4, -0.2) is 5.91 Å². The number of carbonyl (C=O) groups is 1. The molecule has 0 bridgehead atoms. The fourth-order valence-corrected chi connectivity index (χ4v) is 1.54. The molecule has 78 valence electrons. The van der Waals surface area contributed by atoms with Gasteiger partial charge in [0.15, 0.2) is 0 Å². The molecule has 0 unspecified atom stereocenters. The van der Waals surface area contributed by atoms with Crippen LogP contribution in [0.1, 0.15) is 12.2 Å². The van der Waals surface area contributed by atoms with E-state index in [0.717, 1.165) is 16.5 Å². The fraction of sp³-hybridized carbons (Fsp3) is 0.182. The molecule has 0 saturated heterocycles. The van der Waals surface area contributed by atoms with Crippen molar-refractivity contribution in [3.8, 4) is 0 Å². The Morgan fingerprint density at radius 1 is 1.40 bits per heavy atom. The minimum absolute atomic E-state index is 0.185. The Morgan fingerprint density at radius 3 is 3.00 bits per heavy atom. The van der Waals surface area contributed by atoms with Crippen LogP contribution in [0.2, 0.25) is 0 Å². The van der Waals surface area contributed by atoms with Crippen molar-refractivity contribution in [3.05, 3.63) is 36.3 Å². The number of benzene rings is 1. The van der Waals surface area contributed by atoms with Crippen LogP contribution in [0.15, 0.2) is 34.9 Å². The maximum atomic E-state index is 11.0. The van der Waals surface area contributed by atoms with Crippen molar-refractivity contribution in [2.45, 2.75) is 12.8 Å². The van der Waals surface area contributed by atoms with E-state index in [0.29, 0.717) is 12.8 Å². The molecule has 0 atom stereocenters. The topological polar surface area (TPSA) is 68.3 Å². The summed E-state index contributed by atoms with van der Waals surface area (Å²) in [5.74, 6) is 5.64. The van der Waals surface area contributed by atoms with Gasteiger partial charge in [0, 0.05) is 23.6 Å². The number of aryl methyl sites for hydroxylation is 1. The average molecular weight is 204 g/mol. The van der Waals surface area contributed by atoms with Gasteiger partial charge in [-0.2, -0.15) is 0 Å². The molecule has 0 aliphatic rings. The van der Waals surface area contributed by atoms with Gasteiger partial charge < -0.3 is 4.42 Å². The van der Waals surface area contributed by atoms with Crippen LogP contribution < -0.4 is 11.3 Å². The first kappa shape index (κ1) is 9.73. The zero-order valence-electron chi connectivity index (χ0n) is 8.19. The summed E-state index contributed by atoms with van der Waals surface area (Å²) in [7, 11) is 0. The van der Waals surface area contributed by atoms with Gasteiger partial charge in [-0.1, -0.05) is 24.3 Å². The van der Waals surface area contributed by atoms with Gasteiger partial charge in [0.25, 0.3) is 0 Å². The zero-order valence-corrected chi connectivity index (χ0v) is 8.19. The summed E-state index contributed by atoms with van der Waals surface area (Å²) in [6, 6.07) is 7.86. The van der Waals surface area contributed by atoms with E-state index in [1.165, 1.54) is 0 Å². The van der Waals surface area contributed by atoms with Crippen LogP contribution in [0.25, 0.3) is 10.8 Å². The quantitative estimate of drug-likeness (QED) is 0.450. The Morgan fingerprint density at radius 2 is 2.20 bits per heavy atom. The largest absolute Gasteiger partial charge is 0.468 e. The fourth-order valence-electron chi connectivity index (χ4n) is 1.54. The molecule has 1 amide bonds. The molecule has 0 saturated carbocycles. The molecule has 4 heteroatoms. The van der Waals surface area contributed by atoms with E-state index in [1.807, 2.05) is 24.3 Å². The number of nitrogens with two attached hydrogens (primary N) is 1.